The molecule has 1 heterocycles. The van der Waals surface area contributed by atoms with E-state index in [-0.39, 0.29) is 30.7 Å². The molecule has 140 valence electrons. The van der Waals surface area contributed by atoms with Gasteiger partial charge in [-0.15, -0.1) is 11.8 Å². The van der Waals surface area contributed by atoms with Gasteiger partial charge in [-0.2, -0.15) is 0 Å². The van der Waals surface area contributed by atoms with E-state index in [0.717, 1.165) is 10.5 Å². The average molecular weight is 404 g/mol. The van der Waals surface area contributed by atoms with Gasteiger partial charge in [-0.25, -0.2) is 0 Å². The molecule has 3 N–H and O–H groups in total. The number of nitrogens with one attached hydrogen (secondary N) is 3. The highest BCUT2D eigenvalue weighted by atomic mass is 35.5. The summed E-state index contributed by atoms with van der Waals surface area (Å²) in [7, 11) is 1.57. The van der Waals surface area contributed by atoms with E-state index in [4.69, 9.17) is 11.6 Å². The van der Waals surface area contributed by atoms with Crippen molar-refractivity contribution in [3.63, 3.8) is 0 Å². The number of amides is 3. The third-order valence-electron chi connectivity index (χ3n) is 4.04. The van der Waals surface area contributed by atoms with Gasteiger partial charge in [0, 0.05) is 35.5 Å². The van der Waals surface area contributed by atoms with E-state index in [1.54, 1.807) is 37.4 Å². The van der Waals surface area contributed by atoms with E-state index in [9.17, 15) is 14.4 Å². The summed E-state index contributed by atoms with van der Waals surface area (Å²) in [5.41, 5.74) is 2.01. The summed E-state index contributed by atoms with van der Waals surface area (Å²) in [6.07, 6.45) is 0.0632. The lowest BCUT2D eigenvalue weighted by Gasteiger charge is -2.23. The first-order valence-electron chi connectivity index (χ1n) is 8.31. The molecule has 2 aromatic rings. The highest BCUT2D eigenvalue weighted by Crippen LogP contribution is 2.38. The first-order valence-corrected chi connectivity index (χ1v) is 9.57. The van der Waals surface area contributed by atoms with Crippen LogP contribution in [0.2, 0.25) is 5.02 Å². The Kier molecular flexibility index (Phi) is 6.03. The first kappa shape index (κ1) is 19.3. The average Bonchev–Trinajstić information content (AvgIpc) is 2.66. The number of halogens is 1. The highest BCUT2D eigenvalue weighted by Gasteiger charge is 2.29. The van der Waals surface area contributed by atoms with Gasteiger partial charge >= 0.3 is 0 Å². The largest absolute Gasteiger partial charge is 0.355 e. The summed E-state index contributed by atoms with van der Waals surface area (Å²) in [6.45, 7) is 0.287. The van der Waals surface area contributed by atoms with Gasteiger partial charge in [-0.1, -0.05) is 23.7 Å². The molecule has 0 spiro atoms. The van der Waals surface area contributed by atoms with Crippen molar-refractivity contribution in [1.29, 1.82) is 0 Å². The molecule has 3 rings (SSSR count). The molecule has 3 amide bonds. The minimum Gasteiger partial charge on any atom is -0.355 e. The molecule has 8 heteroatoms. The Morgan fingerprint density at radius 2 is 2.04 bits per heavy atom. The van der Waals surface area contributed by atoms with Crippen molar-refractivity contribution in [3.05, 3.63) is 58.6 Å². The maximum Gasteiger partial charge on any atom is 0.251 e. The number of carbonyl (C=O) groups is 3. The third-order valence-corrected chi connectivity index (χ3v) is 5.55. The molecule has 0 bridgehead atoms. The summed E-state index contributed by atoms with van der Waals surface area (Å²) in [5, 5.41) is 8.19. The number of carbonyl (C=O) groups excluding carboxylic acids is 3. The molecule has 0 radical (unpaired) electrons. The molecule has 0 aliphatic carbocycles. The van der Waals surface area contributed by atoms with Crippen LogP contribution in [0.1, 0.15) is 22.3 Å². The molecule has 0 saturated carbocycles. The van der Waals surface area contributed by atoms with Crippen molar-refractivity contribution in [2.24, 2.45) is 0 Å². The third kappa shape index (κ3) is 4.81. The smallest absolute Gasteiger partial charge is 0.251 e. The predicted octanol–water partition coefficient (Wildman–Crippen LogP) is 2.82. The van der Waals surface area contributed by atoms with Crippen molar-refractivity contribution in [3.8, 4) is 0 Å². The number of rotatable bonds is 5. The fourth-order valence-electron chi connectivity index (χ4n) is 2.67. The summed E-state index contributed by atoms with van der Waals surface area (Å²) < 4.78 is 0. The summed E-state index contributed by atoms with van der Waals surface area (Å²) in [6, 6.07) is 12.3. The Hall–Kier alpha value is -2.51. The van der Waals surface area contributed by atoms with Crippen LogP contribution < -0.4 is 16.0 Å². The second-order valence-corrected chi connectivity index (χ2v) is 7.68. The van der Waals surface area contributed by atoms with E-state index in [1.807, 2.05) is 12.1 Å². The summed E-state index contributed by atoms with van der Waals surface area (Å²) >= 11 is 7.28. The van der Waals surface area contributed by atoms with E-state index in [2.05, 4.69) is 16.0 Å². The van der Waals surface area contributed by atoms with E-state index in [1.165, 1.54) is 11.8 Å². The topological polar surface area (TPSA) is 87.3 Å². The molecule has 6 nitrogen and oxygen atoms in total. The Balaban J connectivity index is 1.57. The zero-order chi connectivity index (χ0) is 19.4. The van der Waals surface area contributed by atoms with E-state index in [0.29, 0.717) is 16.3 Å². The normalized spacial score (nSPS) is 15.5. The van der Waals surface area contributed by atoms with Crippen molar-refractivity contribution >= 4 is 46.8 Å². The molecule has 1 aliphatic rings. The second-order valence-electron chi connectivity index (χ2n) is 6.00. The molecule has 27 heavy (non-hydrogen) atoms. The second kappa shape index (κ2) is 8.45. The van der Waals surface area contributed by atoms with Crippen molar-refractivity contribution in [1.82, 2.24) is 10.6 Å². The molecule has 0 aromatic heterocycles. The Labute approximate surface area is 166 Å². The molecule has 1 atom stereocenters. The van der Waals surface area contributed by atoms with E-state index < -0.39 is 5.25 Å². The lowest BCUT2D eigenvalue weighted by Crippen LogP contribution is -2.34. The standard InChI is InChI=1S/C19H18ClN3O3S/c1-21-18(25)12-4-2-3-11(7-12)10-22-17(24)9-16-19(26)23-14-8-13(20)5-6-15(14)27-16/h2-8,16H,9-10H2,1H3,(H,21,25)(H,22,24)(H,23,26). The molecule has 0 fully saturated rings. The van der Waals surface area contributed by atoms with Gasteiger partial charge in [-0.05, 0) is 35.9 Å². The fourth-order valence-corrected chi connectivity index (χ4v) is 3.93. The SMILES string of the molecule is CNC(=O)c1cccc(CNC(=O)CC2Sc3ccc(Cl)cc3NC2=O)c1. The molecule has 2 aromatic carbocycles. The highest BCUT2D eigenvalue weighted by molar-refractivity contribution is 8.01. The minimum atomic E-state index is -0.504. The molecule has 0 saturated heterocycles. The quantitative estimate of drug-likeness (QED) is 0.716. The van der Waals surface area contributed by atoms with Crippen molar-refractivity contribution < 1.29 is 14.4 Å². The van der Waals surface area contributed by atoms with Crippen LogP contribution in [0.5, 0.6) is 0 Å². The van der Waals surface area contributed by atoms with Crippen LogP contribution in [0, 0.1) is 0 Å². The lowest BCUT2D eigenvalue weighted by atomic mass is 10.1. The van der Waals surface area contributed by atoms with Crippen LogP contribution in [-0.2, 0) is 16.1 Å². The molecule has 1 unspecified atom stereocenters. The van der Waals surface area contributed by atoms with Crippen LogP contribution in [0.3, 0.4) is 0 Å². The number of benzene rings is 2. The molecular formula is C19H18ClN3O3S. The van der Waals surface area contributed by atoms with Gasteiger partial charge in [0.05, 0.1) is 10.9 Å². The lowest BCUT2D eigenvalue weighted by molar-refractivity contribution is -0.124. The van der Waals surface area contributed by atoms with Gasteiger partial charge in [0.1, 0.15) is 0 Å². The Morgan fingerprint density at radius 1 is 1.22 bits per heavy atom. The number of thioether (sulfide) groups is 1. The maximum atomic E-state index is 12.3. The number of hydrogen-bond donors (Lipinski definition) is 3. The molecular weight excluding hydrogens is 386 g/mol. The summed E-state index contributed by atoms with van der Waals surface area (Å²) in [4.78, 5) is 37.1. The van der Waals surface area contributed by atoms with Crippen molar-refractivity contribution in [2.45, 2.75) is 23.1 Å². The molecule has 1 aliphatic heterocycles. The van der Waals surface area contributed by atoms with Gasteiger partial charge in [-0.3, -0.25) is 14.4 Å². The Bertz CT molecular complexity index is 904. The van der Waals surface area contributed by atoms with Gasteiger partial charge in [0.2, 0.25) is 11.8 Å². The number of fused-ring (bicyclic) bond motifs is 1. The minimum absolute atomic E-state index is 0.0632. The van der Waals surface area contributed by atoms with Crippen LogP contribution in [0.4, 0.5) is 5.69 Å². The predicted molar refractivity (Wildman–Crippen MR) is 106 cm³/mol. The van der Waals surface area contributed by atoms with E-state index >= 15 is 0 Å². The van der Waals surface area contributed by atoms with Crippen LogP contribution in [0.25, 0.3) is 0 Å². The Morgan fingerprint density at radius 3 is 2.81 bits per heavy atom. The van der Waals surface area contributed by atoms with Crippen LogP contribution >= 0.6 is 23.4 Å². The van der Waals surface area contributed by atoms with Gasteiger partial charge in [0.25, 0.3) is 5.91 Å². The monoisotopic (exact) mass is 403 g/mol. The van der Waals surface area contributed by atoms with Crippen molar-refractivity contribution in [2.75, 3.05) is 12.4 Å². The fraction of sp³-hybridized carbons (Fsp3) is 0.211. The zero-order valence-electron chi connectivity index (χ0n) is 14.5. The van der Waals surface area contributed by atoms with Gasteiger partial charge in [0.15, 0.2) is 0 Å². The van der Waals surface area contributed by atoms with Crippen LogP contribution in [0.15, 0.2) is 47.4 Å². The zero-order valence-corrected chi connectivity index (χ0v) is 16.1. The summed E-state index contributed by atoms with van der Waals surface area (Å²) in [5.74, 6) is -0.630. The maximum absolute atomic E-state index is 12.3. The first-order chi connectivity index (χ1) is 13.0. The number of anilines is 1. The number of hydrogen-bond acceptors (Lipinski definition) is 4. The van der Waals surface area contributed by atoms with Crippen LogP contribution in [-0.4, -0.2) is 30.0 Å². The van der Waals surface area contributed by atoms with Gasteiger partial charge < -0.3 is 16.0 Å².